The highest BCUT2D eigenvalue weighted by Gasteiger charge is 2.26. The van der Waals surface area contributed by atoms with Gasteiger partial charge < -0.3 is 10.0 Å². The Morgan fingerprint density at radius 2 is 1.91 bits per heavy atom. The van der Waals surface area contributed by atoms with Crippen LogP contribution in [0.2, 0.25) is 0 Å². The molecule has 1 saturated carbocycles. The van der Waals surface area contributed by atoms with Crippen LogP contribution in [-0.4, -0.2) is 46.0 Å². The highest BCUT2D eigenvalue weighted by atomic mass is 32.2. The molecule has 0 radical (unpaired) electrons. The van der Waals surface area contributed by atoms with Crippen molar-refractivity contribution in [3.8, 4) is 0 Å². The van der Waals surface area contributed by atoms with Crippen LogP contribution in [0, 0.1) is 0 Å². The van der Waals surface area contributed by atoms with Crippen molar-refractivity contribution in [1.82, 2.24) is 4.90 Å². The Morgan fingerprint density at radius 3 is 2.57 bits per heavy atom. The van der Waals surface area contributed by atoms with E-state index in [1.807, 2.05) is 16.7 Å². The van der Waals surface area contributed by atoms with Crippen LogP contribution in [0.5, 0.6) is 0 Å². The molecule has 126 valence electrons. The summed E-state index contributed by atoms with van der Waals surface area (Å²) in [6.45, 7) is 2.85. The maximum Gasteiger partial charge on any atom is 0.335 e. The predicted molar refractivity (Wildman–Crippen MR) is 94.3 cm³/mol. The van der Waals surface area contributed by atoms with E-state index in [1.165, 1.54) is 31.4 Å². The molecule has 0 atom stereocenters. The van der Waals surface area contributed by atoms with Crippen molar-refractivity contribution in [3.63, 3.8) is 0 Å². The Hall–Kier alpha value is -1.49. The highest BCUT2D eigenvalue weighted by molar-refractivity contribution is 7.99. The van der Waals surface area contributed by atoms with E-state index in [2.05, 4.69) is 6.92 Å². The summed E-state index contributed by atoms with van der Waals surface area (Å²) < 4.78 is 0. The van der Waals surface area contributed by atoms with Crippen LogP contribution in [0.25, 0.3) is 0 Å². The van der Waals surface area contributed by atoms with Gasteiger partial charge in [0.1, 0.15) is 0 Å². The zero-order valence-corrected chi connectivity index (χ0v) is 14.5. The lowest BCUT2D eigenvalue weighted by Gasteiger charge is -2.34. The molecule has 5 heteroatoms. The smallest absolute Gasteiger partial charge is 0.335 e. The lowest BCUT2D eigenvalue weighted by atomic mass is 9.93. The van der Waals surface area contributed by atoms with Crippen LogP contribution in [0.1, 0.15) is 59.7 Å². The first-order chi connectivity index (χ1) is 11.1. The molecule has 0 saturated heterocycles. The molecule has 0 unspecified atom stereocenters. The number of nitrogens with zero attached hydrogens (tertiary/aromatic N) is 1. The molecule has 1 amide bonds. The van der Waals surface area contributed by atoms with Gasteiger partial charge in [0.2, 0.25) is 0 Å². The number of hydrogen-bond donors (Lipinski definition) is 1. The number of benzene rings is 1. The molecule has 0 aromatic heterocycles. The van der Waals surface area contributed by atoms with Crippen molar-refractivity contribution in [1.29, 1.82) is 0 Å². The minimum absolute atomic E-state index is 0.0308. The van der Waals surface area contributed by atoms with Crippen molar-refractivity contribution in [2.75, 3.05) is 18.1 Å². The van der Waals surface area contributed by atoms with Crippen LogP contribution >= 0.6 is 11.8 Å². The number of carbonyl (C=O) groups is 2. The minimum Gasteiger partial charge on any atom is -0.478 e. The van der Waals surface area contributed by atoms with Crippen LogP contribution in [-0.2, 0) is 0 Å². The van der Waals surface area contributed by atoms with Gasteiger partial charge in [-0.2, -0.15) is 11.8 Å². The summed E-state index contributed by atoms with van der Waals surface area (Å²) in [6.07, 6.45) is 5.70. The number of amides is 1. The van der Waals surface area contributed by atoms with Crippen LogP contribution in [0.3, 0.4) is 0 Å². The maximum atomic E-state index is 12.9. The molecule has 1 aliphatic carbocycles. The molecule has 1 aromatic rings. The summed E-state index contributed by atoms with van der Waals surface area (Å²) in [4.78, 5) is 26.0. The molecule has 0 bridgehead atoms. The van der Waals surface area contributed by atoms with E-state index in [0.717, 1.165) is 30.9 Å². The van der Waals surface area contributed by atoms with Crippen LogP contribution in [0.15, 0.2) is 24.3 Å². The number of carboxylic acid groups (broad SMARTS) is 1. The van der Waals surface area contributed by atoms with E-state index in [4.69, 9.17) is 5.11 Å². The average Bonchev–Trinajstić information content (AvgIpc) is 2.59. The normalized spacial score (nSPS) is 15.3. The van der Waals surface area contributed by atoms with Crippen molar-refractivity contribution >= 4 is 23.6 Å². The van der Waals surface area contributed by atoms with Gasteiger partial charge in [0.25, 0.3) is 5.91 Å². The molecule has 0 heterocycles. The summed E-state index contributed by atoms with van der Waals surface area (Å²) in [5.74, 6) is 0.945. The van der Waals surface area contributed by atoms with Crippen molar-refractivity contribution in [3.05, 3.63) is 35.4 Å². The third-order valence-corrected chi connectivity index (χ3v) is 5.19. The topological polar surface area (TPSA) is 57.6 Å². The molecule has 1 N–H and O–H groups in total. The van der Waals surface area contributed by atoms with Gasteiger partial charge in [-0.3, -0.25) is 4.79 Å². The quantitative estimate of drug-likeness (QED) is 0.768. The fourth-order valence-corrected chi connectivity index (χ4v) is 3.72. The van der Waals surface area contributed by atoms with E-state index in [9.17, 15) is 9.59 Å². The second-order valence-corrected chi connectivity index (χ2v) is 7.27. The number of thioether (sulfide) groups is 1. The monoisotopic (exact) mass is 335 g/mol. The first-order valence-electron chi connectivity index (χ1n) is 8.35. The van der Waals surface area contributed by atoms with Gasteiger partial charge in [0.05, 0.1) is 5.56 Å². The fourth-order valence-electron chi connectivity index (χ4n) is 3.10. The van der Waals surface area contributed by atoms with Crippen molar-refractivity contribution in [2.24, 2.45) is 0 Å². The lowest BCUT2D eigenvalue weighted by Crippen LogP contribution is -2.42. The molecule has 1 aliphatic rings. The van der Waals surface area contributed by atoms with Crippen LogP contribution in [0.4, 0.5) is 0 Å². The Morgan fingerprint density at radius 1 is 1.22 bits per heavy atom. The Bertz CT molecular complexity index is 541. The molecule has 2 rings (SSSR count). The Balaban J connectivity index is 2.17. The molecule has 0 aliphatic heterocycles. The lowest BCUT2D eigenvalue weighted by molar-refractivity contribution is 0.0650. The Labute approximate surface area is 142 Å². The highest BCUT2D eigenvalue weighted by Crippen LogP contribution is 2.24. The molecule has 0 spiro atoms. The minimum atomic E-state index is -0.995. The molecular formula is C18H25NO3S. The summed E-state index contributed by atoms with van der Waals surface area (Å²) in [5.41, 5.74) is 0.652. The largest absolute Gasteiger partial charge is 0.478 e. The zero-order valence-electron chi connectivity index (χ0n) is 13.7. The van der Waals surface area contributed by atoms with E-state index in [0.29, 0.717) is 11.6 Å². The molecule has 1 fully saturated rings. The molecule has 4 nitrogen and oxygen atoms in total. The van der Waals surface area contributed by atoms with Gasteiger partial charge in [-0.1, -0.05) is 32.3 Å². The Kier molecular flexibility index (Phi) is 6.96. The van der Waals surface area contributed by atoms with Gasteiger partial charge in [-0.15, -0.1) is 0 Å². The SMILES string of the molecule is CCSCCN(C(=O)c1cccc(C(=O)O)c1)C1CCCCC1. The second kappa shape index (κ2) is 8.96. The van der Waals surface area contributed by atoms with Gasteiger partial charge in [0.15, 0.2) is 0 Å². The molecule has 1 aromatic carbocycles. The fraction of sp³-hybridized carbons (Fsp3) is 0.556. The van der Waals surface area contributed by atoms with Crippen LogP contribution < -0.4 is 0 Å². The third-order valence-electron chi connectivity index (χ3n) is 4.31. The third kappa shape index (κ3) is 4.99. The first kappa shape index (κ1) is 17.9. The van der Waals surface area contributed by atoms with Crippen molar-refractivity contribution in [2.45, 2.75) is 45.1 Å². The van der Waals surface area contributed by atoms with Gasteiger partial charge in [-0.05, 0) is 36.8 Å². The van der Waals surface area contributed by atoms with Gasteiger partial charge in [0, 0.05) is 23.9 Å². The van der Waals surface area contributed by atoms with E-state index in [-0.39, 0.29) is 11.5 Å². The number of carbonyl (C=O) groups excluding carboxylic acids is 1. The summed E-state index contributed by atoms with van der Waals surface area (Å²) in [5, 5.41) is 9.12. The van der Waals surface area contributed by atoms with Gasteiger partial charge in [-0.25, -0.2) is 4.79 Å². The summed E-state index contributed by atoms with van der Waals surface area (Å²) >= 11 is 1.83. The standard InChI is InChI=1S/C18H25NO3S/c1-2-23-12-11-19(16-9-4-3-5-10-16)17(20)14-7-6-8-15(13-14)18(21)22/h6-8,13,16H,2-5,9-12H2,1H3,(H,21,22). The average molecular weight is 335 g/mol. The second-order valence-electron chi connectivity index (χ2n) is 5.87. The first-order valence-corrected chi connectivity index (χ1v) is 9.51. The number of aromatic carboxylic acids is 1. The predicted octanol–water partition coefficient (Wildman–Crippen LogP) is 3.91. The zero-order chi connectivity index (χ0) is 16.7. The van der Waals surface area contributed by atoms with Gasteiger partial charge >= 0.3 is 5.97 Å². The molecular weight excluding hydrogens is 310 g/mol. The number of rotatable bonds is 7. The van der Waals surface area contributed by atoms with Crippen molar-refractivity contribution < 1.29 is 14.7 Å². The van der Waals surface area contributed by atoms with E-state index < -0.39 is 5.97 Å². The summed E-state index contributed by atoms with van der Waals surface area (Å²) in [7, 11) is 0. The number of carboxylic acids is 1. The van der Waals surface area contributed by atoms with E-state index >= 15 is 0 Å². The maximum absolute atomic E-state index is 12.9. The number of hydrogen-bond acceptors (Lipinski definition) is 3. The summed E-state index contributed by atoms with van der Waals surface area (Å²) in [6, 6.07) is 6.68. The van der Waals surface area contributed by atoms with E-state index in [1.54, 1.807) is 12.1 Å². The molecule has 23 heavy (non-hydrogen) atoms.